The molecule has 1 aromatic carbocycles. The van der Waals surface area contributed by atoms with Crippen LogP contribution >= 0.6 is 0 Å². The van der Waals surface area contributed by atoms with Crippen molar-refractivity contribution in [2.24, 2.45) is 7.05 Å². The van der Waals surface area contributed by atoms with Crippen LogP contribution in [0.3, 0.4) is 0 Å². The largest absolute Gasteiger partial charge is 0.433 e. The van der Waals surface area contributed by atoms with Crippen molar-refractivity contribution in [1.82, 2.24) is 24.5 Å². The van der Waals surface area contributed by atoms with E-state index in [4.69, 9.17) is 4.98 Å². The fourth-order valence-electron chi connectivity index (χ4n) is 3.42. The van der Waals surface area contributed by atoms with Crippen molar-refractivity contribution < 1.29 is 13.2 Å². The summed E-state index contributed by atoms with van der Waals surface area (Å²) in [6.45, 7) is 0. The molecule has 9 heteroatoms. The number of hydrogen-bond donors (Lipinski definition) is 1. The number of alkyl halides is 3. The first kappa shape index (κ1) is 18.5. The Labute approximate surface area is 169 Å². The molecule has 1 aliphatic carbocycles. The van der Waals surface area contributed by atoms with Gasteiger partial charge < -0.3 is 9.88 Å². The van der Waals surface area contributed by atoms with Crippen LogP contribution in [0.1, 0.15) is 30.3 Å². The summed E-state index contributed by atoms with van der Waals surface area (Å²) in [4.78, 5) is 16.7. The Morgan fingerprint density at radius 1 is 1.03 bits per heavy atom. The molecule has 152 valence electrons. The van der Waals surface area contributed by atoms with Crippen LogP contribution in [0.2, 0.25) is 0 Å². The van der Waals surface area contributed by atoms with Crippen molar-refractivity contribution in [3.8, 4) is 11.5 Å². The molecule has 0 amide bonds. The first-order valence-corrected chi connectivity index (χ1v) is 9.49. The van der Waals surface area contributed by atoms with E-state index in [-0.39, 0.29) is 17.3 Å². The van der Waals surface area contributed by atoms with Gasteiger partial charge in [0.1, 0.15) is 17.3 Å². The van der Waals surface area contributed by atoms with E-state index >= 15 is 0 Å². The summed E-state index contributed by atoms with van der Waals surface area (Å²) >= 11 is 0. The number of hydrogen-bond acceptors (Lipinski definition) is 5. The van der Waals surface area contributed by atoms with Crippen molar-refractivity contribution in [2.45, 2.75) is 24.9 Å². The predicted molar refractivity (Wildman–Crippen MR) is 106 cm³/mol. The van der Waals surface area contributed by atoms with E-state index < -0.39 is 11.9 Å². The van der Waals surface area contributed by atoms with Gasteiger partial charge in [-0.25, -0.2) is 15.0 Å². The molecule has 1 N–H and O–H groups in total. The van der Waals surface area contributed by atoms with Gasteiger partial charge in [-0.05, 0) is 43.2 Å². The lowest BCUT2D eigenvalue weighted by Gasteiger charge is -2.12. The average molecular weight is 410 g/mol. The highest BCUT2D eigenvalue weighted by atomic mass is 19.4. The first-order chi connectivity index (χ1) is 14.4. The third-order valence-electron chi connectivity index (χ3n) is 5.04. The molecule has 0 saturated heterocycles. The molecule has 1 aliphatic rings. The molecule has 1 saturated carbocycles. The zero-order valence-electron chi connectivity index (χ0n) is 16.0. The van der Waals surface area contributed by atoms with E-state index in [2.05, 4.69) is 24.8 Å². The number of anilines is 2. The summed E-state index contributed by atoms with van der Waals surface area (Å²) in [5.41, 5.74) is 1.60. The number of imidazole rings is 1. The lowest BCUT2D eigenvalue weighted by molar-refractivity contribution is -0.141. The number of aromatic nitrogens is 5. The maximum absolute atomic E-state index is 13.4. The highest BCUT2D eigenvalue weighted by Crippen LogP contribution is 2.40. The van der Waals surface area contributed by atoms with Crippen LogP contribution in [0, 0.1) is 0 Å². The molecule has 1 fully saturated rings. The van der Waals surface area contributed by atoms with Gasteiger partial charge in [-0.3, -0.25) is 4.98 Å². The summed E-state index contributed by atoms with van der Waals surface area (Å²) in [5, 5.41) is 2.96. The molecule has 30 heavy (non-hydrogen) atoms. The number of benzene rings is 1. The summed E-state index contributed by atoms with van der Waals surface area (Å²) in [7, 11) is 1.98. The van der Waals surface area contributed by atoms with Gasteiger partial charge in [0.2, 0.25) is 0 Å². The molecule has 6 nitrogen and oxygen atoms in total. The minimum atomic E-state index is -4.60. The fraction of sp³-hybridized carbons (Fsp3) is 0.238. The highest BCUT2D eigenvalue weighted by Gasteiger charge is 2.34. The number of aryl methyl sites for hydroxylation is 1. The maximum Gasteiger partial charge on any atom is 0.433 e. The number of pyridine rings is 1. The van der Waals surface area contributed by atoms with Crippen molar-refractivity contribution >= 4 is 22.5 Å². The van der Waals surface area contributed by atoms with Gasteiger partial charge in [0.25, 0.3) is 0 Å². The summed E-state index contributed by atoms with van der Waals surface area (Å²) < 4.78 is 42.2. The second-order valence-electron chi connectivity index (χ2n) is 7.31. The SMILES string of the molecule is Cn1c(C2CC2)nc2cc(Nc3cc(C(F)(F)F)nc(-c4ccccn4)n3)ccc21. The second-order valence-corrected chi connectivity index (χ2v) is 7.31. The Balaban J connectivity index is 1.53. The van der Waals surface area contributed by atoms with E-state index in [0.717, 1.165) is 35.8 Å². The summed E-state index contributed by atoms with van der Waals surface area (Å²) in [6.07, 6.45) is -0.842. The van der Waals surface area contributed by atoms with E-state index in [0.29, 0.717) is 11.6 Å². The molecule has 0 aliphatic heterocycles. The minimum Gasteiger partial charge on any atom is -0.340 e. The number of halogens is 3. The Bertz CT molecular complexity index is 1230. The third-order valence-corrected chi connectivity index (χ3v) is 5.04. The maximum atomic E-state index is 13.4. The molecule has 0 unspecified atom stereocenters. The average Bonchev–Trinajstić information content (AvgIpc) is 3.52. The van der Waals surface area contributed by atoms with Gasteiger partial charge in [-0.2, -0.15) is 13.2 Å². The number of nitrogens with one attached hydrogen (secondary N) is 1. The highest BCUT2D eigenvalue weighted by molar-refractivity contribution is 5.81. The van der Waals surface area contributed by atoms with Crippen LogP contribution < -0.4 is 5.32 Å². The molecule has 0 atom stereocenters. The monoisotopic (exact) mass is 410 g/mol. The first-order valence-electron chi connectivity index (χ1n) is 9.49. The molecular weight excluding hydrogens is 393 g/mol. The Hall–Kier alpha value is -3.49. The Morgan fingerprint density at radius 3 is 2.57 bits per heavy atom. The molecule has 3 aromatic heterocycles. The van der Waals surface area contributed by atoms with Gasteiger partial charge in [-0.1, -0.05) is 6.07 Å². The standard InChI is InChI=1S/C21H17F3N6/c1-30-16-8-7-13(10-15(16)27-20(30)12-5-6-12)26-18-11-17(21(22,23)24)28-19(29-18)14-4-2-3-9-25-14/h2-4,7-12H,5-6H2,1H3,(H,26,28,29). The lowest BCUT2D eigenvalue weighted by Crippen LogP contribution is -2.11. The second kappa shape index (κ2) is 6.79. The van der Waals surface area contributed by atoms with Crippen molar-refractivity contribution in [3.63, 3.8) is 0 Å². The third kappa shape index (κ3) is 3.47. The Kier molecular flexibility index (Phi) is 4.19. The van der Waals surface area contributed by atoms with Gasteiger partial charge in [0, 0.05) is 30.9 Å². The molecule has 5 rings (SSSR count). The van der Waals surface area contributed by atoms with Gasteiger partial charge in [0.15, 0.2) is 11.5 Å². The predicted octanol–water partition coefficient (Wildman–Crippen LogP) is 5.07. The molecular formula is C21H17F3N6. The number of rotatable bonds is 4. The van der Waals surface area contributed by atoms with Crippen LogP contribution in [-0.2, 0) is 13.2 Å². The van der Waals surface area contributed by atoms with E-state index in [1.807, 2.05) is 19.2 Å². The van der Waals surface area contributed by atoms with E-state index in [1.165, 1.54) is 6.20 Å². The van der Waals surface area contributed by atoms with Crippen molar-refractivity contribution in [2.75, 3.05) is 5.32 Å². The molecule has 4 aromatic rings. The zero-order chi connectivity index (χ0) is 20.9. The quantitative estimate of drug-likeness (QED) is 0.509. The molecule has 0 radical (unpaired) electrons. The van der Waals surface area contributed by atoms with Crippen LogP contribution in [-0.4, -0.2) is 24.5 Å². The van der Waals surface area contributed by atoms with Crippen LogP contribution in [0.25, 0.3) is 22.6 Å². The number of fused-ring (bicyclic) bond motifs is 1. The smallest absolute Gasteiger partial charge is 0.340 e. The number of nitrogens with zero attached hydrogens (tertiary/aromatic N) is 5. The van der Waals surface area contributed by atoms with Gasteiger partial charge >= 0.3 is 6.18 Å². The minimum absolute atomic E-state index is 0.0377. The van der Waals surface area contributed by atoms with Gasteiger partial charge in [0.05, 0.1) is 11.0 Å². The molecule has 3 heterocycles. The van der Waals surface area contributed by atoms with Crippen molar-refractivity contribution in [3.05, 3.63) is 60.2 Å². The van der Waals surface area contributed by atoms with Crippen LogP contribution in [0.4, 0.5) is 24.7 Å². The summed E-state index contributed by atoms with van der Waals surface area (Å²) in [6, 6.07) is 11.3. The zero-order valence-corrected chi connectivity index (χ0v) is 16.0. The Morgan fingerprint density at radius 2 is 1.87 bits per heavy atom. The van der Waals surface area contributed by atoms with E-state index in [1.54, 1.807) is 24.3 Å². The van der Waals surface area contributed by atoms with E-state index in [9.17, 15) is 13.2 Å². The molecule has 0 bridgehead atoms. The van der Waals surface area contributed by atoms with Crippen LogP contribution in [0.5, 0.6) is 0 Å². The van der Waals surface area contributed by atoms with Crippen LogP contribution in [0.15, 0.2) is 48.7 Å². The topological polar surface area (TPSA) is 68.5 Å². The fourth-order valence-corrected chi connectivity index (χ4v) is 3.42. The van der Waals surface area contributed by atoms with Gasteiger partial charge in [-0.15, -0.1) is 0 Å². The summed E-state index contributed by atoms with van der Waals surface area (Å²) in [5.74, 6) is 1.48. The molecule has 0 spiro atoms. The van der Waals surface area contributed by atoms with Crippen molar-refractivity contribution in [1.29, 1.82) is 0 Å². The normalized spacial score (nSPS) is 14.3. The lowest BCUT2D eigenvalue weighted by atomic mass is 10.2.